The first-order valence-corrected chi connectivity index (χ1v) is 5.53. The lowest BCUT2D eigenvalue weighted by Crippen LogP contribution is -2.27. The van der Waals surface area contributed by atoms with E-state index in [0.29, 0.717) is 18.4 Å². The van der Waals surface area contributed by atoms with E-state index in [0.717, 1.165) is 6.42 Å². The van der Waals surface area contributed by atoms with Gasteiger partial charge in [0.2, 0.25) is 0 Å². The van der Waals surface area contributed by atoms with Crippen molar-refractivity contribution in [2.45, 2.75) is 52.3 Å². The third-order valence-corrected chi connectivity index (χ3v) is 2.78. The van der Waals surface area contributed by atoms with Crippen molar-refractivity contribution in [3.8, 4) is 0 Å². The summed E-state index contributed by atoms with van der Waals surface area (Å²) in [5.74, 6) is 1.16. The molecule has 14 heavy (non-hydrogen) atoms. The van der Waals surface area contributed by atoms with Crippen LogP contribution in [0.2, 0.25) is 0 Å². The highest BCUT2D eigenvalue weighted by Crippen LogP contribution is 2.31. The topological polar surface area (TPSA) is 18.5 Å². The number of hydrogen-bond donors (Lipinski definition) is 0. The molecule has 2 nitrogen and oxygen atoms in total. The standard InChI is InChI=1S/C11H21BO2/c1-7(2)9-5-11(12)14-10(9)6-13-8(3)4/h7-11H,5-6H2,1-4H3/t9-,10+,11+/m0/s1. The summed E-state index contributed by atoms with van der Waals surface area (Å²) in [6, 6.07) is -0.0943. The van der Waals surface area contributed by atoms with Gasteiger partial charge in [0.25, 0.3) is 0 Å². The van der Waals surface area contributed by atoms with Gasteiger partial charge in [0.05, 0.1) is 18.8 Å². The van der Waals surface area contributed by atoms with Gasteiger partial charge in [-0.25, -0.2) is 0 Å². The summed E-state index contributed by atoms with van der Waals surface area (Å²) in [5.41, 5.74) is 0. The average Bonchev–Trinajstić information content (AvgIpc) is 2.43. The maximum atomic E-state index is 5.78. The molecule has 1 heterocycles. The van der Waals surface area contributed by atoms with Gasteiger partial charge in [-0.05, 0) is 32.1 Å². The Morgan fingerprint density at radius 1 is 1.36 bits per heavy atom. The highest BCUT2D eigenvalue weighted by molar-refractivity contribution is 6.11. The normalized spacial score (nSPS) is 33.1. The second-order valence-electron chi connectivity index (χ2n) is 4.74. The quantitative estimate of drug-likeness (QED) is 0.640. The molecule has 3 heteroatoms. The van der Waals surface area contributed by atoms with Crippen LogP contribution in [0.4, 0.5) is 0 Å². The number of ether oxygens (including phenoxy) is 2. The molecule has 0 aromatic carbocycles. The van der Waals surface area contributed by atoms with Crippen LogP contribution in [0, 0.1) is 11.8 Å². The van der Waals surface area contributed by atoms with Crippen LogP contribution < -0.4 is 0 Å². The molecular weight excluding hydrogens is 175 g/mol. The van der Waals surface area contributed by atoms with E-state index in [9.17, 15) is 0 Å². The van der Waals surface area contributed by atoms with Crippen molar-refractivity contribution in [2.75, 3.05) is 6.61 Å². The molecule has 0 saturated carbocycles. The fourth-order valence-electron chi connectivity index (χ4n) is 1.95. The van der Waals surface area contributed by atoms with Gasteiger partial charge in [0.1, 0.15) is 7.85 Å². The Balaban J connectivity index is 2.41. The molecule has 1 saturated heterocycles. The van der Waals surface area contributed by atoms with E-state index in [4.69, 9.17) is 17.3 Å². The molecule has 1 aliphatic heterocycles. The van der Waals surface area contributed by atoms with E-state index in [-0.39, 0.29) is 18.2 Å². The van der Waals surface area contributed by atoms with E-state index in [1.807, 2.05) is 13.8 Å². The Bertz CT molecular complexity index is 171. The van der Waals surface area contributed by atoms with Gasteiger partial charge in [-0.3, -0.25) is 0 Å². The second-order valence-corrected chi connectivity index (χ2v) is 4.74. The zero-order valence-corrected chi connectivity index (χ0v) is 9.69. The SMILES string of the molecule is [B][C@H]1C[C@@H](C(C)C)[C@@H](COC(C)C)O1. The maximum Gasteiger partial charge on any atom is 0.109 e. The molecule has 2 radical (unpaired) electrons. The van der Waals surface area contributed by atoms with Crippen LogP contribution in [-0.2, 0) is 9.47 Å². The Morgan fingerprint density at radius 2 is 2.00 bits per heavy atom. The predicted molar refractivity (Wildman–Crippen MR) is 58.4 cm³/mol. The van der Waals surface area contributed by atoms with Crippen LogP contribution in [0.25, 0.3) is 0 Å². The average molecular weight is 196 g/mol. The van der Waals surface area contributed by atoms with Crippen LogP contribution in [0.3, 0.4) is 0 Å². The molecule has 0 aromatic heterocycles. The minimum absolute atomic E-state index is 0.0943. The molecule has 1 aliphatic rings. The van der Waals surface area contributed by atoms with E-state index in [1.165, 1.54) is 0 Å². The molecule has 0 aliphatic carbocycles. The van der Waals surface area contributed by atoms with Crippen LogP contribution in [-0.4, -0.2) is 32.7 Å². The van der Waals surface area contributed by atoms with Crippen molar-refractivity contribution in [2.24, 2.45) is 11.8 Å². The molecule has 0 spiro atoms. The van der Waals surface area contributed by atoms with Gasteiger partial charge in [-0.1, -0.05) is 13.8 Å². The molecule has 0 aromatic rings. The predicted octanol–water partition coefficient (Wildman–Crippen LogP) is 1.97. The summed E-state index contributed by atoms with van der Waals surface area (Å²) in [6.45, 7) is 9.19. The molecule has 0 bridgehead atoms. The Labute approximate surface area is 88.8 Å². The zero-order valence-electron chi connectivity index (χ0n) is 9.69. The van der Waals surface area contributed by atoms with E-state index >= 15 is 0 Å². The van der Waals surface area contributed by atoms with E-state index in [1.54, 1.807) is 0 Å². The van der Waals surface area contributed by atoms with Gasteiger partial charge < -0.3 is 9.47 Å². The van der Waals surface area contributed by atoms with Gasteiger partial charge in [-0.2, -0.15) is 0 Å². The lowest BCUT2D eigenvalue weighted by molar-refractivity contribution is -0.0329. The third kappa shape index (κ3) is 3.28. The molecule has 0 N–H and O–H groups in total. The van der Waals surface area contributed by atoms with Crippen molar-refractivity contribution in [1.29, 1.82) is 0 Å². The lowest BCUT2D eigenvalue weighted by Gasteiger charge is -2.22. The van der Waals surface area contributed by atoms with Gasteiger partial charge >= 0.3 is 0 Å². The van der Waals surface area contributed by atoms with Crippen molar-refractivity contribution in [3.05, 3.63) is 0 Å². The Morgan fingerprint density at radius 3 is 2.50 bits per heavy atom. The minimum atomic E-state index is -0.0943. The minimum Gasteiger partial charge on any atom is -0.382 e. The first kappa shape index (κ1) is 12.1. The molecule has 3 atom stereocenters. The summed E-state index contributed by atoms with van der Waals surface area (Å²) in [5, 5.41) is 0. The monoisotopic (exact) mass is 196 g/mol. The molecule has 1 rings (SSSR count). The fourth-order valence-corrected chi connectivity index (χ4v) is 1.95. The van der Waals surface area contributed by atoms with Crippen LogP contribution >= 0.6 is 0 Å². The van der Waals surface area contributed by atoms with Crippen LogP contribution in [0.1, 0.15) is 34.1 Å². The first-order chi connectivity index (χ1) is 6.50. The van der Waals surface area contributed by atoms with Crippen molar-refractivity contribution < 1.29 is 9.47 Å². The highest BCUT2D eigenvalue weighted by Gasteiger charge is 2.34. The molecule has 0 unspecified atom stereocenters. The summed E-state index contributed by atoms with van der Waals surface area (Å²) in [6.07, 6.45) is 1.42. The molecule has 80 valence electrons. The number of hydrogen-bond acceptors (Lipinski definition) is 2. The van der Waals surface area contributed by atoms with Crippen LogP contribution in [0.5, 0.6) is 0 Å². The lowest BCUT2D eigenvalue weighted by atomic mass is 9.84. The first-order valence-electron chi connectivity index (χ1n) is 5.53. The highest BCUT2D eigenvalue weighted by atomic mass is 16.5. The van der Waals surface area contributed by atoms with Crippen molar-refractivity contribution >= 4 is 7.85 Å². The zero-order chi connectivity index (χ0) is 10.7. The van der Waals surface area contributed by atoms with Gasteiger partial charge in [0.15, 0.2) is 0 Å². The number of rotatable bonds is 4. The van der Waals surface area contributed by atoms with E-state index < -0.39 is 0 Å². The van der Waals surface area contributed by atoms with Crippen LogP contribution in [0.15, 0.2) is 0 Å². The fraction of sp³-hybridized carbons (Fsp3) is 1.00. The summed E-state index contributed by atoms with van der Waals surface area (Å²) >= 11 is 0. The largest absolute Gasteiger partial charge is 0.382 e. The summed E-state index contributed by atoms with van der Waals surface area (Å²) in [7, 11) is 5.78. The van der Waals surface area contributed by atoms with E-state index in [2.05, 4.69) is 13.8 Å². The molecule has 0 amide bonds. The molecular formula is C11H21BO2. The third-order valence-electron chi connectivity index (χ3n) is 2.78. The van der Waals surface area contributed by atoms with Gasteiger partial charge in [0, 0.05) is 6.00 Å². The Hall–Kier alpha value is -0.0151. The molecule has 1 fully saturated rings. The summed E-state index contributed by atoms with van der Waals surface area (Å²) in [4.78, 5) is 0. The van der Waals surface area contributed by atoms with Gasteiger partial charge in [-0.15, -0.1) is 0 Å². The second kappa shape index (κ2) is 5.17. The smallest absolute Gasteiger partial charge is 0.109 e. The van der Waals surface area contributed by atoms with Crippen molar-refractivity contribution in [1.82, 2.24) is 0 Å². The van der Waals surface area contributed by atoms with Crippen molar-refractivity contribution in [3.63, 3.8) is 0 Å². The summed E-state index contributed by atoms with van der Waals surface area (Å²) < 4.78 is 11.2. The maximum absolute atomic E-state index is 5.78. The Kier molecular flexibility index (Phi) is 4.46.